The minimum absolute atomic E-state index is 0.0364. The lowest BCUT2D eigenvalue weighted by molar-refractivity contribution is -0.384. The van der Waals surface area contributed by atoms with E-state index in [1.165, 1.54) is 12.1 Å². The minimum atomic E-state index is -0.427. The molecule has 0 bridgehead atoms. The van der Waals surface area contributed by atoms with Gasteiger partial charge in [0.05, 0.1) is 11.3 Å². The predicted molar refractivity (Wildman–Crippen MR) is 76.8 cm³/mol. The number of rotatable bonds is 6. The zero-order valence-electron chi connectivity index (χ0n) is 10.5. The second-order valence-electron chi connectivity index (χ2n) is 4.54. The Morgan fingerprint density at radius 3 is 2.79 bits per heavy atom. The second kappa shape index (κ2) is 6.14. The third-order valence-electron chi connectivity index (χ3n) is 3.22. The first-order valence-electron chi connectivity index (χ1n) is 6.27. The van der Waals surface area contributed by atoms with Gasteiger partial charge in [-0.05, 0) is 24.5 Å². The fourth-order valence-corrected chi connectivity index (χ4v) is 2.67. The quantitative estimate of drug-likeness (QED) is 0.349. The number of nitrogens with zero attached hydrogens (tertiary/aromatic N) is 2. The van der Waals surface area contributed by atoms with Crippen molar-refractivity contribution in [2.75, 3.05) is 16.8 Å². The van der Waals surface area contributed by atoms with E-state index in [1.807, 2.05) is 0 Å². The Morgan fingerprint density at radius 1 is 1.32 bits per heavy atom. The number of unbranched alkanes of at least 4 members (excludes halogenated alkanes) is 2. The lowest BCUT2D eigenvalue weighted by Crippen LogP contribution is -2.27. The van der Waals surface area contributed by atoms with Gasteiger partial charge in [-0.2, -0.15) is 0 Å². The van der Waals surface area contributed by atoms with E-state index in [-0.39, 0.29) is 18.0 Å². The van der Waals surface area contributed by atoms with Crippen molar-refractivity contribution in [2.45, 2.75) is 25.7 Å². The van der Waals surface area contributed by atoms with Crippen LogP contribution in [0.5, 0.6) is 0 Å². The molecule has 1 aromatic rings. The van der Waals surface area contributed by atoms with Crippen molar-refractivity contribution >= 4 is 33.2 Å². The van der Waals surface area contributed by atoms with Crippen LogP contribution in [0, 0.1) is 10.1 Å². The Balaban J connectivity index is 2.09. The molecule has 0 saturated carbocycles. The van der Waals surface area contributed by atoms with E-state index in [2.05, 4.69) is 15.9 Å². The summed E-state index contributed by atoms with van der Waals surface area (Å²) in [4.78, 5) is 23.9. The monoisotopic (exact) mass is 326 g/mol. The number of carbonyl (C=O) groups is 1. The van der Waals surface area contributed by atoms with E-state index in [4.69, 9.17) is 0 Å². The van der Waals surface area contributed by atoms with Gasteiger partial charge >= 0.3 is 0 Å². The highest BCUT2D eigenvalue weighted by molar-refractivity contribution is 9.09. The first kappa shape index (κ1) is 14.0. The molecule has 1 heterocycles. The maximum absolute atomic E-state index is 11.9. The van der Waals surface area contributed by atoms with Gasteiger partial charge in [0.15, 0.2) is 0 Å². The van der Waals surface area contributed by atoms with E-state index in [0.717, 1.165) is 35.8 Å². The number of amides is 1. The number of nitro benzene ring substituents is 1. The van der Waals surface area contributed by atoms with Crippen LogP contribution in [0.15, 0.2) is 18.2 Å². The molecular formula is C13H15BrN2O3. The third-order valence-corrected chi connectivity index (χ3v) is 3.78. The fraction of sp³-hybridized carbons (Fsp3) is 0.462. The SMILES string of the molecule is O=C1Cc2cc([N+](=O)[O-])ccc2N1CCCCCBr. The van der Waals surface area contributed by atoms with Crippen molar-refractivity contribution < 1.29 is 9.72 Å². The van der Waals surface area contributed by atoms with Gasteiger partial charge in [0.1, 0.15) is 0 Å². The van der Waals surface area contributed by atoms with Crippen LogP contribution in [0.1, 0.15) is 24.8 Å². The van der Waals surface area contributed by atoms with Crippen LogP contribution in [-0.4, -0.2) is 22.7 Å². The van der Waals surface area contributed by atoms with E-state index >= 15 is 0 Å². The summed E-state index contributed by atoms with van der Waals surface area (Å²) in [7, 11) is 0. The second-order valence-corrected chi connectivity index (χ2v) is 5.33. The standard InChI is InChI=1S/C13H15BrN2O3/c14-6-2-1-3-7-15-12-5-4-11(16(18)19)8-10(12)9-13(15)17/h4-5,8H,1-3,6-7,9H2. The Kier molecular flexibility index (Phi) is 4.52. The van der Waals surface area contributed by atoms with E-state index in [9.17, 15) is 14.9 Å². The molecule has 6 heteroatoms. The molecule has 5 nitrogen and oxygen atoms in total. The number of benzene rings is 1. The van der Waals surface area contributed by atoms with Crippen LogP contribution in [0.25, 0.3) is 0 Å². The van der Waals surface area contributed by atoms with Crippen LogP contribution in [0.2, 0.25) is 0 Å². The molecule has 102 valence electrons. The Bertz CT molecular complexity index is 505. The summed E-state index contributed by atoms with van der Waals surface area (Å²) in [6.07, 6.45) is 3.38. The van der Waals surface area contributed by atoms with Gasteiger partial charge in [-0.3, -0.25) is 14.9 Å². The number of anilines is 1. The van der Waals surface area contributed by atoms with Crippen LogP contribution < -0.4 is 4.90 Å². The Labute approximate surface area is 119 Å². The topological polar surface area (TPSA) is 63.4 Å². The summed E-state index contributed by atoms with van der Waals surface area (Å²) < 4.78 is 0. The number of nitro groups is 1. The zero-order chi connectivity index (χ0) is 13.8. The van der Waals surface area contributed by atoms with Gasteiger partial charge in [-0.1, -0.05) is 22.4 Å². The molecule has 0 spiro atoms. The van der Waals surface area contributed by atoms with Gasteiger partial charge in [-0.15, -0.1) is 0 Å². The molecule has 19 heavy (non-hydrogen) atoms. The van der Waals surface area contributed by atoms with Crippen molar-refractivity contribution in [1.82, 2.24) is 0 Å². The molecule has 0 unspecified atom stereocenters. The van der Waals surface area contributed by atoms with Gasteiger partial charge < -0.3 is 4.90 Å². The van der Waals surface area contributed by atoms with Crippen molar-refractivity contribution in [3.8, 4) is 0 Å². The summed E-state index contributed by atoms with van der Waals surface area (Å²) in [5.74, 6) is 0.0364. The summed E-state index contributed by atoms with van der Waals surface area (Å²) in [6.45, 7) is 0.691. The molecular weight excluding hydrogens is 312 g/mol. The summed E-state index contributed by atoms with van der Waals surface area (Å²) >= 11 is 3.38. The lowest BCUT2D eigenvalue weighted by Gasteiger charge is -2.17. The normalized spacial score (nSPS) is 13.7. The highest BCUT2D eigenvalue weighted by Gasteiger charge is 2.28. The summed E-state index contributed by atoms with van der Waals surface area (Å²) in [6, 6.07) is 4.65. The molecule has 1 aromatic carbocycles. The van der Waals surface area contributed by atoms with Crippen LogP contribution in [0.4, 0.5) is 11.4 Å². The number of hydrogen-bond acceptors (Lipinski definition) is 3. The molecule has 0 saturated heterocycles. The molecule has 0 radical (unpaired) electrons. The average Bonchev–Trinajstić information content (AvgIpc) is 2.69. The first-order chi connectivity index (χ1) is 9.13. The van der Waals surface area contributed by atoms with Crippen molar-refractivity contribution in [1.29, 1.82) is 0 Å². The fourth-order valence-electron chi connectivity index (χ4n) is 2.27. The maximum atomic E-state index is 11.9. The Hall–Kier alpha value is -1.43. The van der Waals surface area contributed by atoms with Gasteiger partial charge in [0, 0.05) is 29.7 Å². The summed E-state index contributed by atoms with van der Waals surface area (Å²) in [5.41, 5.74) is 1.64. The number of carbonyl (C=O) groups excluding carboxylic acids is 1. The van der Waals surface area contributed by atoms with Gasteiger partial charge in [-0.25, -0.2) is 0 Å². The van der Waals surface area contributed by atoms with Gasteiger partial charge in [0.25, 0.3) is 5.69 Å². The van der Waals surface area contributed by atoms with E-state index in [0.29, 0.717) is 6.54 Å². The third kappa shape index (κ3) is 3.12. The highest BCUT2D eigenvalue weighted by atomic mass is 79.9. The molecule has 2 rings (SSSR count). The molecule has 0 N–H and O–H groups in total. The summed E-state index contributed by atoms with van der Waals surface area (Å²) in [5, 5.41) is 11.7. The number of halogens is 1. The number of hydrogen-bond donors (Lipinski definition) is 0. The average molecular weight is 327 g/mol. The minimum Gasteiger partial charge on any atom is -0.312 e. The first-order valence-corrected chi connectivity index (χ1v) is 7.39. The van der Waals surface area contributed by atoms with Crippen molar-refractivity contribution in [3.05, 3.63) is 33.9 Å². The van der Waals surface area contributed by atoms with Gasteiger partial charge in [0.2, 0.25) is 5.91 Å². The Morgan fingerprint density at radius 2 is 2.11 bits per heavy atom. The van der Waals surface area contributed by atoms with Crippen molar-refractivity contribution in [2.24, 2.45) is 0 Å². The highest BCUT2D eigenvalue weighted by Crippen LogP contribution is 2.32. The van der Waals surface area contributed by atoms with E-state index in [1.54, 1.807) is 11.0 Å². The zero-order valence-corrected chi connectivity index (χ0v) is 12.1. The molecule has 1 aliphatic rings. The molecule has 1 amide bonds. The maximum Gasteiger partial charge on any atom is 0.269 e. The largest absolute Gasteiger partial charge is 0.312 e. The van der Waals surface area contributed by atoms with Crippen LogP contribution >= 0.6 is 15.9 Å². The molecule has 1 aliphatic heterocycles. The number of fused-ring (bicyclic) bond motifs is 1. The number of non-ortho nitro benzene ring substituents is 1. The molecule has 0 aromatic heterocycles. The predicted octanol–water partition coefficient (Wildman–Crippen LogP) is 3.05. The molecule has 0 fully saturated rings. The van der Waals surface area contributed by atoms with Crippen LogP contribution in [0.3, 0.4) is 0 Å². The smallest absolute Gasteiger partial charge is 0.269 e. The lowest BCUT2D eigenvalue weighted by atomic mass is 10.1. The molecule has 0 aliphatic carbocycles. The van der Waals surface area contributed by atoms with Crippen molar-refractivity contribution in [3.63, 3.8) is 0 Å². The van der Waals surface area contributed by atoms with E-state index < -0.39 is 4.92 Å². The molecule has 0 atom stereocenters. The number of alkyl halides is 1. The van der Waals surface area contributed by atoms with Crippen LogP contribution in [-0.2, 0) is 11.2 Å².